The molecule has 1 aromatic carbocycles. The van der Waals surface area contributed by atoms with Crippen molar-refractivity contribution in [3.05, 3.63) is 30.3 Å². The molecule has 6 nitrogen and oxygen atoms in total. The van der Waals surface area contributed by atoms with Crippen LogP contribution in [-0.2, 0) is 14.6 Å². The molecule has 0 unspecified atom stereocenters. The van der Waals surface area contributed by atoms with Gasteiger partial charge in [-0.3, -0.25) is 10.4 Å². The molecule has 0 aliphatic carbocycles. The maximum atomic E-state index is 9.84. The lowest BCUT2D eigenvalue weighted by molar-refractivity contribution is 0.264. The van der Waals surface area contributed by atoms with Gasteiger partial charge in [0, 0.05) is 5.69 Å². The summed E-state index contributed by atoms with van der Waals surface area (Å²) in [5, 5.41) is 0. The molecule has 0 amide bonds. The number of unbranched alkanes of at least 4 members (excludes halogenated alkanes) is 1. The van der Waals surface area contributed by atoms with Crippen LogP contribution in [0.5, 0.6) is 0 Å². The third-order valence-electron chi connectivity index (χ3n) is 1.67. The van der Waals surface area contributed by atoms with E-state index in [0.29, 0.717) is 6.42 Å². The van der Waals surface area contributed by atoms with Crippen LogP contribution in [0, 0.1) is 0 Å². The van der Waals surface area contributed by atoms with Gasteiger partial charge in [0.2, 0.25) is 0 Å². The Morgan fingerprint density at radius 2 is 1.94 bits per heavy atom. The smallest absolute Gasteiger partial charge is 0.324 e. The number of rotatable bonds is 5. The maximum Gasteiger partial charge on any atom is 0.397 e. The first-order valence-electron chi connectivity index (χ1n) is 5.13. The van der Waals surface area contributed by atoms with Gasteiger partial charge in [-0.1, -0.05) is 31.5 Å². The number of para-hydroxylation sites is 1. The number of nitrogens with two attached hydrogens (primary N) is 1. The molecular formula is C10H18N2O4S. The van der Waals surface area contributed by atoms with E-state index in [1.165, 1.54) is 0 Å². The highest BCUT2D eigenvalue weighted by Crippen LogP contribution is 2.00. The Morgan fingerprint density at radius 1 is 1.35 bits per heavy atom. The molecule has 1 aromatic rings. The Labute approximate surface area is 102 Å². The van der Waals surface area contributed by atoms with Gasteiger partial charge in [0.05, 0.1) is 6.61 Å². The summed E-state index contributed by atoms with van der Waals surface area (Å²) in [6.45, 7) is 1.96. The molecule has 4 N–H and O–H groups in total. The lowest BCUT2D eigenvalue weighted by Crippen LogP contribution is -2.05. The number of hydrazine groups is 1. The third-order valence-corrected chi connectivity index (χ3v) is 2.14. The molecule has 0 atom stereocenters. The Morgan fingerprint density at radius 3 is 2.29 bits per heavy atom. The first-order valence-corrected chi connectivity index (χ1v) is 6.49. The zero-order valence-electron chi connectivity index (χ0n) is 9.67. The van der Waals surface area contributed by atoms with Gasteiger partial charge in [-0.25, -0.2) is 4.18 Å². The molecule has 0 aromatic heterocycles. The predicted molar refractivity (Wildman–Crippen MR) is 66.7 cm³/mol. The lowest BCUT2D eigenvalue weighted by atomic mass is 10.3. The monoisotopic (exact) mass is 262 g/mol. The molecule has 7 heteroatoms. The van der Waals surface area contributed by atoms with Crippen molar-refractivity contribution in [2.24, 2.45) is 5.84 Å². The van der Waals surface area contributed by atoms with Crippen LogP contribution in [0.4, 0.5) is 5.69 Å². The van der Waals surface area contributed by atoms with Gasteiger partial charge >= 0.3 is 10.4 Å². The molecule has 17 heavy (non-hydrogen) atoms. The van der Waals surface area contributed by atoms with Crippen molar-refractivity contribution in [3.63, 3.8) is 0 Å². The summed E-state index contributed by atoms with van der Waals surface area (Å²) in [5.41, 5.74) is 3.46. The van der Waals surface area contributed by atoms with Crippen molar-refractivity contribution in [1.82, 2.24) is 0 Å². The summed E-state index contributed by atoms with van der Waals surface area (Å²) >= 11 is 0. The highest BCUT2D eigenvalue weighted by molar-refractivity contribution is 7.80. The fourth-order valence-electron chi connectivity index (χ4n) is 0.843. The molecular weight excluding hydrogens is 244 g/mol. The molecule has 0 saturated carbocycles. The van der Waals surface area contributed by atoms with Gasteiger partial charge in [0.1, 0.15) is 0 Å². The molecule has 0 spiro atoms. The van der Waals surface area contributed by atoms with Gasteiger partial charge in [0.25, 0.3) is 0 Å². The minimum Gasteiger partial charge on any atom is -0.324 e. The Hall–Kier alpha value is -1.15. The van der Waals surface area contributed by atoms with Gasteiger partial charge < -0.3 is 5.43 Å². The van der Waals surface area contributed by atoms with Crippen LogP contribution in [0.25, 0.3) is 0 Å². The van der Waals surface area contributed by atoms with Crippen molar-refractivity contribution in [2.75, 3.05) is 12.0 Å². The Balaban J connectivity index is 0.000000302. The first-order chi connectivity index (χ1) is 7.99. The summed E-state index contributed by atoms with van der Waals surface area (Å²) in [6, 6.07) is 9.60. The zero-order valence-corrected chi connectivity index (χ0v) is 10.5. The first kappa shape index (κ1) is 15.9. The number of anilines is 1. The van der Waals surface area contributed by atoms with Crippen molar-refractivity contribution < 1.29 is 17.2 Å². The van der Waals surface area contributed by atoms with E-state index in [0.717, 1.165) is 12.1 Å². The quantitative estimate of drug-likeness (QED) is 0.322. The van der Waals surface area contributed by atoms with Gasteiger partial charge in [-0.15, -0.1) is 0 Å². The van der Waals surface area contributed by atoms with Crippen molar-refractivity contribution in [2.45, 2.75) is 19.8 Å². The topological polar surface area (TPSA) is 102 Å². The minimum absolute atomic E-state index is 0.0648. The Kier molecular flexibility index (Phi) is 8.34. The number of nitrogen functional groups attached to an aromatic ring is 1. The Bertz CT molecular complexity index is 381. The second kappa shape index (κ2) is 8.94. The van der Waals surface area contributed by atoms with E-state index in [1.54, 1.807) is 0 Å². The highest BCUT2D eigenvalue weighted by Gasteiger charge is 2.00. The van der Waals surface area contributed by atoms with Gasteiger partial charge in [0.15, 0.2) is 0 Å². The molecule has 0 saturated heterocycles. The SMILES string of the molecule is CCCCOS(=O)(=O)O.NNc1ccccc1. The number of benzene rings is 1. The zero-order chi connectivity index (χ0) is 13.1. The van der Waals surface area contributed by atoms with Crippen LogP contribution in [0.2, 0.25) is 0 Å². The third kappa shape index (κ3) is 11.1. The van der Waals surface area contributed by atoms with Crippen LogP contribution in [0.3, 0.4) is 0 Å². The van der Waals surface area contributed by atoms with E-state index >= 15 is 0 Å². The van der Waals surface area contributed by atoms with Crippen molar-refractivity contribution in [3.8, 4) is 0 Å². The summed E-state index contributed by atoms with van der Waals surface area (Å²) < 4.78 is 31.7. The van der Waals surface area contributed by atoms with Crippen LogP contribution < -0.4 is 11.3 Å². The molecule has 0 aliphatic rings. The standard InChI is InChI=1S/C6H8N2.C4H10O4S/c7-8-6-4-2-1-3-5-6;1-2-3-4-8-9(5,6)7/h1-5,8H,7H2;2-4H2,1H3,(H,5,6,7). The fraction of sp³-hybridized carbons (Fsp3) is 0.400. The van der Waals surface area contributed by atoms with Crippen LogP contribution in [0.15, 0.2) is 30.3 Å². The molecule has 98 valence electrons. The number of nitrogens with one attached hydrogen (secondary N) is 1. The van der Waals surface area contributed by atoms with Crippen molar-refractivity contribution >= 4 is 16.1 Å². The average Bonchev–Trinajstić information content (AvgIpc) is 2.30. The molecule has 0 aliphatic heterocycles. The lowest BCUT2D eigenvalue weighted by Gasteiger charge is -1.95. The second-order valence-electron chi connectivity index (χ2n) is 3.11. The molecule has 1 rings (SSSR count). The maximum absolute atomic E-state index is 9.84. The van der Waals surface area contributed by atoms with Gasteiger partial charge in [-0.2, -0.15) is 8.42 Å². The number of hydrogen-bond acceptors (Lipinski definition) is 5. The minimum atomic E-state index is -4.20. The van der Waals surface area contributed by atoms with Crippen LogP contribution in [0.1, 0.15) is 19.8 Å². The predicted octanol–water partition coefficient (Wildman–Crippen LogP) is 1.58. The van der Waals surface area contributed by atoms with E-state index in [1.807, 2.05) is 37.3 Å². The highest BCUT2D eigenvalue weighted by atomic mass is 32.3. The molecule has 0 bridgehead atoms. The van der Waals surface area contributed by atoms with Crippen LogP contribution >= 0.6 is 0 Å². The summed E-state index contributed by atoms with van der Waals surface area (Å²) in [5.74, 6) is 5.10. The average molecular weight is 262 g/mol. The van der Waals surface area contributed by atoms with Gasteiger partial charge in [-0.05, 0) is 18.6 Å². The molecule has 0 heterocycles. The van der Waals surface area contributed by atoms with E-state index in [9.17, 15) is 8.42 Å². The van der Waals surface area contributed by atoms with E-state index < -0.39 is 10.4 Å². The summed E-state index contributed by atoms with van der Waals surface area (Å²) in [6.07, 6.45) is 1.48. The van der Waals surface area contributed by atoms with Crippen LogP contribution in [-0.4, -0.2) is 19.6 Å². The normalized spacial score (nSPS) is 10.3. The molecule has 0 fully saturated rings. The summed E-state index contributed by atoms with van der Waals surface area (Å²) in [7, 11) is -4.20. The van der Waals surface area contributed by atoms with Crippen molar-refractivity contribution in [1.29, 1.82) is 0 Å². The van der Waals surface area contributed by atoms with E-state index in [4.69, 9.17) is 10.4 Å². The second-order valence-corrected chi connectivity index (χ2v) is 4.20. The van der Waals surface area contributed by atoms with E-state index in [2.05, 4.69) is 9.61 Å². The van der Waals surface area contributed by atoms with E-state index in [-0.39, 0.29) is 6.61 Å². The number of hydrogen-bond donors (Lipinski definition) is 3. The largest absolute Gasteiger partial charge is 0.397 e. The molecule has 0 radical (unpaired) electrons. The summed E-state index contributed by atoms with van der Waals surface area (Å²) in [4.78, 5) is 0. The fourth-order valence-corrected chi connectivity index (χ4v) is 1.17.